The van der Waals surface area contributed by atoms with Gasteiger partial charge < -0.3 is 9.64 Å². The van der Waals surface area contributed by atoms with E-state index in [1.165, 1.54) is 23.6 Å². The van der Waals surface area contributed by atoms with Crippen LogP contribution in [-0.4, -0.2) is 59.8 Å². The molecule has 3 aromatic rings. The third-order valence-electron chi connectivity index (χ3n) is 6.14. The Kier molecular flexibility index (Phi) is 9.39. The molecule has 0 saturated carbocycles. The van der Waals surface area contributed by atoms with Gasteiger partial charge in [-0.15, -0.1) is 11.3 Å². The maximum Gasteiger partial charge on any atom is 0.409 e. The molecule has 1 saturated heterocycles. The van der Waals surface area contributed by atoms with Gasteiger partial charge in [0, 0.05) is 30.8 Å². The number of sulfonamides is 1. The van der Waals surface area contributed by atoms with Crippen molar-refractivity contribution in [3.05, 3.63) is 46.6 Å². The summed E-state index contributed by atoms with van der Waals surface area (Å²) in [6, 6.07) is 6.20. The van der Waals surface area contributed by atoms with Crippen LogP contribution in [0.25, 0.3) is 21.8 Å². The van der Waals surface area contributed by atoms with Crippen molar-refractivity contribution in [2.24, 2.45) is 5.92 Å². The lowest BCUT2D eigenvalue weighted by molar-refractivity contribution is 0.0834. The lowest BCUT2D eigenvalue weighted by Crippen LogP contribution is -2.38. The second kappa shape index (κ2) is 12.6. The molecule has 0 unspecified atom stereocenters. The molecule has 1 aliphatic rings. The number of hydrogen-bond acceptors (Lipinski definition) is 8. The molecule has 2 aromatic heterocycles. The Morgan fingerprint density at radius 3 is 2.67 bits per heavy atom. The number of aromatic nitrogens is 3. The van der Waals surface area contributed by atoms with Gasteiger partial charge in [-0.05, 0) is 55.0 Å². The molecule has 1 aliphatic heterocycles. The zero-order valence-electron chi connectivity index (χ0n) is 22.0. The van der Waals surface area contributed by atoms with Gasteiger partial charge in [-0.3, -0.25) is 4.72 Å². The molecule has 210 valence electrons. The van der Waals surface area contributed by atoms with Crippen LogP contribution in [0.5, 0.6) is 0 Å². The van der Waals surface area contributed by atoms with Crippen LogP contribution in [0.3, 0.4) is 0 Å². The maximum atomic E-state index is 15.7. The van der Waals surface area contributed by atoms with E-state index < -0.39 is 15.8 Å². The van der Waals surface area contributed by atoms with Gasteiger partial charge in [-0.1, -0.05) is 26.8 Å². The van der Waals surface area contributed by atoms with Gasteiger partial charge in [-0.25, -0.2) is 32.6 Å². The van der Waals surface area contributed by atoms with Crippen LogP contribution in [0.2, 0.25) is 5.28 Å². The number of amides is 1. The number of halogens is 2. The number of carbonyl (C=O) groups is 1. The Morgan fingerprint density at radius 1 is 1.26 bits per heavy atom. The molecule has 0 bridgehead atoms. The van der Waals surface area contributed by atoms with E-state index in [9.17, 15) is 13.2 Å². The molecule has 1 fully saturated rings. The molecule has 0 spiro atoms. The van der Waals surface area contributed by atoms with E-state index in [0.717, 1.165) is 5.01 Å². The van der Waals surface area contributed by atoms with E-state index in [-0.39, 0.29) is 40.2 Å². The van der Waals surface area contributed by atoms with Gasteiger partial charge in [0.2, 0.25) is 15.3 Å². The van der Waals surface area contributed by atoms with E-state index >= 15 is 4.39 Å². The van der Waals surface area contributed by atoms with Gasteiger partial charge in [-0.2, -0.15) is 0 Å². The molecule has 13 heteroatoms. The number of anilines is 1. The second-order valence-electron chi connectivity index (χ2n) is 9.76. The summed E-state index contributed by atoms with van der Waals surface area (Å²) in [5, 5.41) is 0.824. The van der Waals surface area contributed by atoms with Crippen molar-refractivity contribution in [1.82, 2.24) is 19.9 Å². The molecule has 1 amide bonds. The van der Waals surface area contributed by atoms with Crippen molar-refractivity contribution < 1.29 is 22.3 Å². The van der Waals surface area contributed by atoms with Crippen molar-refractivity contribution in [3.63, 3.8) is 0 Å². The number of rotatable bonds is 9. The van der Waals surface area contributed by atoms with Crippen molar-refractivity contribution in [2.45, 2.75) is 46.0 Å². The second-order valence-corrected chi connectivity index (χ2v) is 13.0. The standard InChI is InChI=1S/C26H31ClFN5O4S2/c1-4-14-39(35,36)32-19-7-5-6-18(21(19)28)22-23(20-8-11-29-25(27)30-20)38-24(31-22)17-9-12-33(13-10-17)26(34)37-15-16(2)3/h5-8,11,16-17,32H,4,9-10,12-15H2,1-3H3. The third kappa shape index (κ3) is 7.23. The van der Waals surface area contributed by atoms with Gasteiger partial charge in [0.1, 0.15) is 0 Å². The van der Waals surface area contributed by atoms with E-state index in [1.54, 1.807) is 30.0 Å². The zero-order valence-corrected chi connectivity index (χ0v) is 24.4. The Labute approximate surface area is 236 Å². The summed E-state index contributed by atoms with van der Waals surface area (Å²) in [7, 11) is -3.70. The summed E-state index contributed by atoms with van der Waals surface area (Å²) < 4.78 is 48.1. The van der Waals surface area contributed by atoms with E-state index in [1.807, 2.05) is 13.8 Å². The fourth-order valence-electron chi connectivity index (χ4n) is 4.25. The molecule has 0 atom stereocenters. The van der Waals surface area contributed by atoms with Gasteiger partial charge in [0.15, 0.2) is 5.82 Å². The number of likely N-dealkylation sites (tertiary alicyclic amines) is 1. The number of carbonyl (C=O) groups excluding carboxylic acids is 1. The predicted molar refractivity (Wildman–Crippen MR) is 151 cm³/mol. The van der Waals surface area contributed by atoms with Crippen molar-refractivity contribution >= 4 is 44.7 Å². The molecule has 1 aromatic carbocycles. The normalized spacial score (nSPS) is 14.6. The monoisotopic (exact) mass is 595 g/mol. The number of hydrogen-bond donors (Lipinski definition) is 1. The summed E-state index contributed by atoms with van der Waals surface area (Å²) in [4.78, 5) is 27.8. The Morgan fingerprint density at radius 2 is 2.00 bits per heavy atom. The average molecular weight is 596 g/mol. The summed E-state index contributed by atoms with van der Waals surface area (Å²) >= 11 is 7.44. The maximum absolute atomic E-state index is 15.7. The highest BCUT2D eigenvalue weighted by Gasteiger charge is 2.29. The van der Waals surface area contributed by atoms with Crippen molar-refractivity contribution in [3.8, 4) is 21.8 Å². The number of nitrogens with zero attached hydrogens (tertiary/aromatic N) is 4. The fourth-order valence-corrected chi connectivity index (χ4v) is 6.75. The molecule has 0 aliphatic carbocycles. The highest BCUT2D eigenvalue weighted by Crippen LogP contribution is 2.42. The summed E-state index contributed by atoms with van der Waals surface area (Å²) in [6.07, 6.45) is 2.95. The average Bonchev–Trinajstić information content (AvgIpc) is 3.34. The summed E-state index contributed by atoms with van der Waals surface area (Å²) in [5.41, 5.74) is 0.835. The zero-order chi connectivity index (χ0) is 28.2. The van der Waals surface area contributed by atoms with Crippen LogP contribution in [0.1, 0.15) is 51.0 Å². The first-order chi connectivity index (χ1) is 18.6. The van der Waals surface area contributed by atoms with Gasteiger partial charge >= 0.3 is 6.09 Å². The molecular weight excluding hydrogens is 565 g/mol. The van der Waals surface area contributed by atoms with Crippen molar-refractivity contribution in [2.75, 3.05) is 30.2 Å². The van der Waals surface area contributed by atoms with Gasteiger partial charge in [0.05, 0.1) is 39.3 Å². The summed E-state index contributed by atoms with van der Waals surface area (Å²) in [6.45, 7) is 7.13. The molecule has 3 heterocycles. The van der Waals surface area contributed by atoms with Crippen LogP contribution in [0, 0.1) is 11.7 Å². The van der Waals surface area contributed by atoms with E-state index in [0.29, 0.717) is 55.2 Å². The van der Waals surface area contributed by atoms with Crippen molar-refractivity contribution in [1.29, 1.82) is 0 Å². The lowest BCUT2D eigenvalue weighted by atomic mass is 9.98. The number of thiazole rings is 1. The largest absolute Gasteiger partial charge is 0.449 e. The molecular formula is C26H31ClFN5O4S2. The smallest absolute Gasteiger partial charge is 0.409 e. The highest BCUT2D eigenvalue weighted by atomic mass is 35.5. The molecule has 9 nitrogen and oxygen atoms in total. The first-order valence-corrected chi connectivity index (χ1v) is 15.6. The lowest BCUT2D eigenvalue weighted by Gasteiger charge is -2.30. The predicted octanol–water partition coefficient (Wildman–Crippen LogP) is 6.18. The fraction of sp³-hybridized carbons (Fsp3) is 0.462. The Balaban J connectivity index is 1.66. The van der Waals surface area contributed by atoms with Crippen LogP contribution in [0.15, 0.2) is 30.5 Å². The number of piperidine rings is 1. The first-order valence-electron chi connectivity index (χ1n) is 12.8. The van der Waals surface area contributed by atoms with Crippen LogP contribution >= 0.6 is 22.9 Å². The number of benzene rings is 1. The topological polar surface area (TPSA) is 114 Å². The number of ether oxygens (including phenoxy) is 1. The summed E-state index contributed by atoms with van der Waals surface area (Å²) in [5.74, 6) is -0.539. The minimum atomic E-state index is -3.70. The molecule has 1 N–H and O–H groups in total. The third-order valence-corrected chi connectivity index (χ3v) is 9.04. The van der Waals surface area contributed by atoms with E-state index in [4.69, 9.17) is 21.3 Å². The minimum Gasteiger partial charge on any atom is -0.449 e. The Hall–Kier alpha value is -2.83. The quantitative estimate of drug-likeness (QED) is 0.294. The Bertz CT molecular complexity index is 1430. The number of nitrogens with one attached hydrogen (secondary N) is 1. The van der Waals surface area contributed by atoms with Crippen LogP contribution < -0.4 is 4.72 Å². The molecule has 39 heavy (non-hydrogen) atoms. The minimum absolute atomic E-state index is 0.0446. The van der Waals surface area contributed by atoms with Gasteiger partial charge in [0.25, 0.3) is 0 Å². The molecule has 4 rings (SSSR count). The van der Waals surface area contributed by atoms with Crippen LogP contribution in [0.4, 0.5) is 14.9 Å². The first kappa shape index (κ1) is 29.2. The van der Waals surface area contributed by atoms with Crippen LogP contribution in [-0.2, 0) is 14.8 Å². The molecule has 0 radical (unpaired) electrons. The SMILES string of the molecule is CCCS(=O)(=O)Nc1cccc(-c2nc(C3CCN(C(=O)OCC(C)C)CC3)sc2-c2ccnc(Cl)n2)c1F. The highest BCUT2D eigenvalue weighted by molar-refractivity contribution is 7.92. The van der Waals surface area contributed by atoms with E-state index in [2.05, 4.69) is 14.7 Å².